The Morgan fingerprint density at radius 1 is 1.09 bits per heavy atom. The Balaban J connectivity index is 1.79. The van der Waals surface area contributed by atoms with Crippen LogP contribution in [0.1, 0.15) is 42.2 Å². The molecule has 0 saturated carbocycles. The summed E-state index contributed by atoms with van der Waals surface area (Å²) in [5, 5.41) is 9.33. The Morgan fingerprint density at radius 3 is 2.53 bits per heavy atom. The van der Waals surface area contributed by atoms with Gasteiger partial charge in [-0.2, -0.15) is 0 Å². The van der Waals surface area contributed by atoms with E-state index >= 15 is 0 Å². The molecule has 0 N–H and O–H groups in total. The van der Waals surface area contributed by atoms with Gasteiger partial charge in [0, 0.05) is 41.4 Å². The number of imidazole rings is 1. The molecule has 0 unspecified atom stereocenters. The predicted octanol–water partition coefficient (Wildman–Crippen LogP) is 4.50. The van der Waals surface area contributed by atoms with Gasteiger partial charge in [-0.25, -0.2) is 4.98 Å². The maximum atomic E-state index is 12.1. The van der Waals surface area contributed by atoms with Crippen molar-refractivity contribution in [3.63, 3.8) is 0 Å². The summed E-state index contributed by atoms with van der Waals surface area (Å²) in [4.78, 5) is 21.6. The average Bonchev–Trinajstić information content (AvgIpc) is 3.33. The monoisotopic (exact) mass is 444 g/mol. The topological polar surface area (TPSA) is 78.0 Å². The first-order chi connectivity index (χ1) is 15.4. The van der Waals surface area contributed by atoms with Gasteiger partial charge in [-0.05, 0) is 38.1 Å². The number of fused-ring (bicyclic) bond motifs is 3. The molecular formula is C24H21ClN6O. The molecule has 0 spiro atoms. The summed E-state index contributed by atoms with van der Waals surface area (Å²) in [7, 11) is 1.94. The van der Waals surface area contributed by atoms with Crippen LogP contribution in [-0.4, -0.2) is 35.8 Å². The molecule has 8 heteroatoms. The number of carbonyl (C=O) groups excluding carboxylic acids is 1. The first-order valence-electron chi connectivity index (χ1n) is 10.3. The number of rotatable bonds is 4. The van der Waals surface area contributed by atoms with Crippen LogP contribution >= 0.6 is 11.6 Å². The molecule has 0 saturated heterocycles. The van der Waals surface area contributed by atoms with E-state index in [4.69, 9.17) is 16.6 Å². The van der Waals surface area contributed by atoms with Gasteiger partial charge in [0.25, 0.3) is 0 Å². The first-order valence-corrected chi connectivity index (χ1v) is 10.7. The Bertz CT molecular complexity index is 1370. The molecule has 0 aliphatic carbocycles. The molecule has 2 aromatic heterocycles. The lowest BCUT2D eigenvalue weighted by molar-refractivity contribution is -0.117. The summed E-state index contributed by atoms with van der Waals surface area (Å²) < 4.78 is 3.91. The van der Waals surface area contributed by atoms with Crippen LogP contribution in [0.15, 0.2) is 60.0 Å². The van der Waals surface area contributed by atoms with Gasteiger partial charge in [0.2, 0.25) is 0 Å². The van der Waals surface area contributed by atoms with E-state index in [1.807, 2.05) is 65.7 Å². The molecule has 7 nitrogen and oxygen atoms in total. The minimum atomic E-state index is -0.440. The summed E-state index contributed by atoms with van der Waals surface area (Å²) in [6.45, 7) is 3.48. The molecule has 0 amide bonds. The predicted molar refractivity (Wildman–Crippen MR) is 123 cm³/mol. The second kappa shape index (κ2) is 7.84. The molecule has 0 radical (unpaired) electrons. The number of Topliss-reactive ketones (excluding diaryl/α,β-unsaturated/α-hetero) is 1. The molecule has 5 rings (SSSR count). The molecule has 2 aromatic carbocycles. The summed E-state index contributed by atoms with van der Waals surface area (Å²) in [6.07, 6.45) is 4.00. The maximum absolute atomic E-state index is 12.1. The van der Waals surface area contributed by atoms with E-state index in [0.29, 0.717) is 10.8 Å². The van der Waals surface area contributed by atoms with Crippen LogP contribution in [0.3, 0.4) is 0 Å². The van der Waals surface area contributed by atoms with Crippen molar-refractivity contribution in [3.05, 3.63) is 82.8 Å². The van der Waals surface area contributed by atoms with E-state index in [9.17, 15) is 4.79 Å². The summed E-state index contributed by atoms with van der Waals surface area (Å²) in [5.74, 6) is 1.45. The van der Waals surface area contributed by atoms with Gasteiger partial charge in [0.15, 0.2) is 5.82 Å². The van der Waals surface area contributed by atoms with Gasteiger partial charge in [-0.15, -0.1) is 10.2 Å². The van der Waals surface area contributed by atoms with Crippen LogP contribution in [0, 0.1) is 6.92 Å². The van der Waals surface area contributed by atoms with Gasteiger partial charge >= 0.3 is 0 Å². The Labute approximate surface area is 190 Å². The molecule has 4 aromatic rings. The highest BCUT2D eigenvalue weighted by atomic mass is 35.5. The molecule has 1 aliphatic rings. The van der Waals surface area contributed by atoms with E-state index in [2.05, 4.69) is 21.2 Å². The maximum Gasteiger partial charge on any atom is 0.162 e. The van der Waals surface area contributed by atoms with Crippen LogP contribution in [0.4, 0.5) is 0 Å². The van der Waals surface area contributed by atoms with Gasteiger partial charge in [-0.1, -0.05) is 29.8 Å². The highest BCUT2D eigenvalue weighted by Crippen LogP contribution is 2.34. The number of carbonyl (C=O) groups is 1. The minimum absolute atomic E-state index is 0.0431. The van der Waals surface area contributed by atoms with Crippen molar-refractivity contribution >= 4 is 23.1 Å². The highest BCUT2D eigenvalue weighted by Gasteiger charge is 2.29. The standard InChI is InChI=1S/C24H21ClN6O/c1-14(32)10-20-24-29-28-15(2)31(24)22-9-6-17(21-12-30(3)13-26-21)11-19(22)23(27-20)16-4-7-18(25)8-5-16/h4-9,11-13,20H,10H2,1-3H3/t20-/m0/s1. The largest absolute Gasteiger partial charge is 0.340 e. The third-order valence-electron chi connectivity index (χ3n) is 5.52. The van der Waals surface area contributed by atoms with Gasteiger partial charge < -0.3 is 4.57 Å². The fourth-order valence-electron chi connectivity index (χ4n) is 4.06. The smallest absolute Gasteiger partial charge is 0.162 e. The molecule has 160 valence electrons. The van der Waals surface area contributed by atoms with Crippen LogP contribution < -0.4 is 0 Å². The fraction of sp³-hybridized carbons (Fsp3) is 0.208. The molecule has 0 fully saturated rings. The summed E-state index contributed by atoms with van der Waals surface area (Å²) in [6, 6.07) is 13.3. The van der Waals surface area contributed by atoms with E-state index in [1.54, 1.807) is 13.3 Å². The van der Waals surface area contributed by atoms with Gasteiger partial charge in [0.1, 0.15) is 17.6 Å². The number of aliphatic imine (C=N–C) groups is 1. The van der Waals surface area contributed by atoms with Crippen molar-refractivity contribution in [1.29, 1.82) is 0 Å². The lowest BCUT2D eigenvalue weighted by Gasteiger charge is -2.14. The zero-order valence-electron chi connectivity index (χ0n) is 18.0. The zero-order valence-corrected chi connectivity index (χ0v) is 18.7. The Morgan fingerprint density at radius 2 is 1.84 bits per heavy atom. The number of aromatic nitrogens is 5. The quantitative estimate of drug-likeness (QED) is 0.464. The zero-order chi connectivity index (χ0) is 22.4. The van der Waals surface area contributed by atoms with Crippen LogP contribution in [0.25, 0.3) is 16.9 Å². The van der Waals surface area contributed by atoms with Crippen molar-refractivity contribution in [1.82, 2.24) is 24.3 Å². The number of benzene rings is 2. The van der Waals surface area contributed by atoms with Crippen molar-refractivity contribution < 1.29 is 4.79 Å². The number of nitrogens with zero attached hydrogens (tertiary/aromatic N) is 6. The number of aryl methyl sites for hydroxylation is 2. The van der Waals surface area contributed by atoms with Crippen LogP contribution in [0.2, 0.25) is 5.02 Å². The van der Waals surface area contributed by atoms with Crippen molar-refractivity contribution in [3.8, 4) is 16.9 Å². The summed E-state index contributed by atoms with van der Waals surface area (Å²) in [5.41, 5.74) is 5.39. The summed E-state index contributed by atoms with van der Waals surface area (Å²) >= 11 is 6.15. The van der Waals surface area contributed by atoms with Crippen molar-refractivity contribution in [2.24, 2.45) is 12.0 Å². The van der Waals surface area contributed by atoms with E-state index in [0.717, 1.165) is 39.6 Å². The molecular weight excluding hydrogens is 424 g/mol. The number of ketones is 1. The van der Waals surface area contributed by atoms with Crippen LogP contribution in [-0.2, 0) is 11.8 Å². The third kappa shape index (κ3) is 3.54. The van der Waals surface area contributed by atoms with E-state index in [1.165, 1.54) is 0 Å². The fourth-order valence-corrected chi connectivity index (χ4v) is 4.19. The van der Waals surface area contributed by atoms with Crippen molar-refractivity contribution in [2.45, 2.75) is 26.3 Å². The normalized spacial score (nSPS) is 15.0. The minimum Gasteiger partial charge on any atom is -0.340 e. The van der Waals surface area contributed by atoms with Crippen LogP contribution in [0.5, 0.6) is 0 Å². The number of hydrogen-bond acceptors (Lipinski definition) is 5. The third-order valence-corrected chi connectivity index (χ3v) is 5.78. The highest BCUT2D eigenvalue weighted by molar-refractivity contribution is 6.30. The first kappa shape index (κ1) is 20.3. The molecule has 32 heavy (non-hydrogen) atoms. The van der Waals surface area contributed by atoms with Crippen molar-refractivity contribution in [2.75, 3.05) is 0 Å². The Kier molecular flexibility index (Phi) is 4.98. The van der Waals surface area contributed by atoms with E-state index in [-0.39, 0.29) is 12.2 Å². The Hall–Kier alpha value is -3.58. The average molecular weight is 445 g/mol. The SMILES string of the molecule is CC(=O)C[C@@H]1N=C(c2ccc(Cl)cc2)c2cc(-c3cn(C)cn3)ccc2-n2c(C)nnc21. The molecule has 0 bridgehead atoms. The van der Waals surface area contributed by atoms with Gasteiger partial charge in [-0.3, -0.25) is 14.4 Å². The number of halogens is 1. The number of hydrogen-bond donors (Lipinski definition) is 0. The van der Waals surface area contributed by atoms with E-state index < -0.39 is 6.04 Å². The van der Waals surface area contributed by atoms with Gasteiger partial charge in [0.05, 0.1) is 23.4 Å². The molecule has 1 atom stereocenters. The second-order valence-corrected chi connectivity index (χ2v) is 8.44. The second-order valence-electron chi connectivity index (χ2n) is 8.00. The molecule has 3 heterocycles. The lowest BCUT2D eigenvalue weighted by Crippen LogP contribution is -2.09. The molecule has 1 aliphatic heterocycles. The lowest BCUT2D eigenvalue weighted by atomic mass is 9.97.